The SMILES string of the molecule is COc1ncnc(OC)c1-c1ccc(C(C)C)cc1. The summed E-state index contributed by atoms with van der Waals surface area (Å²) in [5.74, 6) is 1.54. The molecule has 0 radical (unpaired) electrons. The highest BCUT2D eigenvalue weighted by Crippen LogP contribution is 2.35. The Bertz CT molecular complexity index is 528. The summed E-state index contributed by atoms with van der Waals surface area (Å²) in [7, 11) is 3.18. The van der Waals surface area contributed by atoms with Crippen LogP contribution in [0.4, 0.5) is 0 Å². The highest BCUT2D eigenvalue weighted by molar-refractivity contribution is 5.73. The molecule has 1 aromatic carbocycles. The Morgan fingerprint density at radius 2 is 1.42 bits per heavy atom. The molecule has 2 rings (SSSR count). The van der Waals surface area contributed by atoms with Crippen LogP contribution in [-0.4, -0.2) is 24.2 Å². The molecule has 1 heterocycles. The highest BCUT2D eigenvalue weighted by Gasteiger charge is 2.15. The summed E-state index contributed by atoms with van der Waals surface area (Å²) in [5, 5.41) is 0. The number of rotatable bonds is 4. The topological polar surface area (TPSA) is 44.2 Å². The summed E-state index contributed by atoms with van der Waals surface area (Å²) >= 11 is 0. The van der Waals surface area contributed by atoms with Crippen LogP contribution < -0.4 is 9.47 Å². The molecule has 0 unspecified atom stereocenters. The zero-order valence-corrected chi connectivity index (χ0v) is 11.7. The van der Waals surface area contributed by atoms with E-state index < -0.39 is 0 Å². The second-order valence-corrected chi connectivity index (χ2v) is 4.54. The largest absolute Gasteiger partial charge is 0.480 e. The second-order valence-electron chi connectivity index (χ2n) is 4.54. The standard InChI is InChI=1S/C15H18N2O2/c1-10(2)11-5-7-12(8-6-11)13-14(18-3)16-9-17-15(13)19-4/h5-10H,1-4H3. The first-order valence-corrected chi connectivity index (χ1v) is 6.20. The third kappa shape index (κ3) is 2.67. The molecule has 0 amide bonds. The fraction of sp³-hybridized carbons (Fsp3) is 0.333. The lowest BCUT2D eigenvalue weighted by Gasteiger charge is -2.12. The maximum atomic E-state index is 5.29. The van der Waals surface area contributed by atoms with Crippen LogP contribution in [-0.2, 0) is 0 Å². The van der Waals surface area contributed by atoms with Gasteiger partial charge in [-0.2, -0.15) is 0 Å². The molecule has 0 bridgehead atoms. The number of nitrogens with zero attached hydrogens (tertiary/aromatic N) is 2. The van der Waals surface area contributed by atoms with Crippen molar-refractivity contribution in [1.29, 1.82) is 0 Å². The van der Waals surface area contributed by atoms with Gasteiger partial charge in [-0.1, -0.05) is 38.1 Å². The van der Waals surface area contributed by atoms with Crippen molar-refractivity contribution in [2.75, 3.05) is 14.2 Å². The van der Waals surface area contributed by atoms with Gasteiger partial charge in [0.25, 0.3) is 0 Å². The number of methoxy groups -OCH3 is 2. The van der Waals surface area contributed by atoms with Crippen LogP contribution in [0.5, 0.6) is 11.8 Å². The minimum atomic E-state index is 0.505. The Hall–Kier alpha value is -2.10. The molecule has 0 atom stereocenters. The Kier molecular flexibility index (Phi) is 4.00. The van der Waals surface area contributed by atoms with Gasteiger partial charge in [0.2, 0.25) is 11.8 Å². The Morgan fingerprint density at radius 3 is 1.84 bits per heavy atom. The molecule has 2 aromatic rings. The van der Waals surface area contributed by atoms with Gasteiger partial charge in [0.05, 0.1) is 14.2 Å². The zero-order valence-electron chi connectivity index (χ0n) is 11.7. The second kappa shape index (κ2) is 5.69. The Labute approximate surface area is 113 Å². The molecular weight excluding hydrogens is 240 g/mol. The molecule has 4 nitrogen and oxygen atoms in total. The maximum absolute atomic E-state index is 5.29. The number of hydrogen-bond acceptors (Lipinski definition) is 4. The van der Waals surface area contributed by atoms with Crippen molar-refractivity contribution in [3.8, 4) is 22.9 Å². The van der Waals surface area contributed by atoms with E-state index >= 15 is 0 Å². The summed E-state index contributed by atoms with van der Waals surface area (Å²) in [4.78, 5) is 8.25. The van der Waals surface area contributed by atoms with E-state index in [4.69, 9.17) is 9.47 Å². The lowest BCUT2D eigenvalue weighted by atomic mass is 9.99. The first kappa shape index (κ1) is 13.3. The molecule has 0 spiro atoms. The molecule has 0 saturated carbocycles. The first-order valence-electron chi connectivity index (χ1n) is 6.20. The smallest absolute Gasteiger partial charge is 0.228 e. The number of aromatic nitrogens is 2. The Morgan fingerprint density at radius 1 is 0.895 bits per heavy atom. The van der Waals surface area contributed by atoms with Crippen LogP contribution in [0.1, 0.15) is 25.3 Å². The third-order valence-electron chi connectivity index (χ3n) is 3.03. The van der Waals surface area contributed by atoms with E-state index in [2.05, 4.69) is 35.9 Å². The molecule has 0 aliphatic carbocycles. The van der Waals surface area contributed by atoms with Crippen LogP contribution >= 0.6 is 0 Å². The van der Waals surface area contributed by atoms with E-state index in [-0.39, 0.29) is 0 Å². The number of benzene rings is 1. The van der Waals surface area contributed by atoms with E-state index in [9.17, 15) is 0 Å². The molecule has 1 aromatic heterocycles. The lowest BCUT2D eigenvalue weighted by Crippen LogP contribution is -1.98. The van der Waals surface area contributed by atoms with Crippen LogP contribution in [0, 0.1) is 0 Å². The minimum Gasteiger partial charge on any atom is -0.480 e. The minimum absolute atomic E-state index is 0.505. The fourth-order valence-electron chi connectivity index (χ4n) is 1.95. The predicted octanol–water partition coefficient (Wildman–Crippen LogP) is 3.28. The molecule has 0 aliphatic rings. The molecular formula is C15H18N2O2. The van der Waals surface area contributed by atoms with Crippen molar-refractivity contribution in [3.63, 3.8) is 0 Å². The summed E-state index contributed by atoms with van der Waals surface area (Å²) in [6.07, 6.45) is 1.43. The van der Waals surface area contributed by atoms with Crippen molar-refractivity contribution >= 4 is 0 Å². The summed E-state index contributed by atoms with van der Waals surface area (Å²) in [5.41, 5.74) is 3.06. The van der Waals surface area contributed by atoms with Crippen LogP contribution in [0.3, 0.4) is 0 Å². The summed E-state index contributed by atoms with van der Waals surface area (Å²) in [6, 6.07) is 8.29. The van der Waals surface area contributed by atoms with Gasteiger partial charge in [-0.3, -0.25) is 0 Å². The average molecular weight is 258 g/mol. The lowest BCUT2D eigenvalue weighted by molar-refractivity contribution is 0.375. The van der Waals surface area contributed by atoms with E-state index in [0.717, 1.165) is 11.1 Å². The van der Waals surface area contributed by atoms with Crippen molar-refractivity contribution in [2.45, 2.75) is 19.8 Å². The third-order valence-corrected chi connectivity index (χ3v) is 3.03. The van der Waals surface area contributed by atoms with E-state index in [0.29, 0.717) is 17.7 Å². The van der Waals surface area contributed by atoms with Gasteiger partial charge in [-0.15, -0.1) is 0 Å². The monoisotopic (exact) mass is 258 g/mol. The van der Waals surface area contributed by atoms with Crippen molar-refractivity contribution < 1.29 is 9.47 Å². The Balaban J connectivity index is 2.51. The molecule has 0 saturated heterocycles. The van der Waals surface area contributed by atoms with Gasteiger partial charge in [-0.05, 0) is 17.0 Å². The van der Waals surface area contributed by atoms with Gasteiger partial charge in [0, 0.05) is 0 Å². The number of ether oxygens (including phenoxy) is 2. The molecule has 0 aliphatic heterocycles. The number of hydrogen-bond donors (Lipinski definition) is 0. The van der Waals surface area contributed by atoms with Crippen molar-refractivity contribution in [3.05, 3.63) is 36.2 Å². The fourth-order valence-corrected chi connectivity index (χ4v) is 1.95. The quantitative estimate of drug-likeness (QED) is 0.844. The zero-order chi connectivity index (χ0) is 13.8. The van der Waals surface area contributed by atoms with Crippen LogP contribution in [0.15, 0.2) is 30.6 Å². The first-order chi connectivity index (χ1) is 9.17. The van der Waals surface area contributed by atoms with Gasteiger partial charge in [0.1, 0.15) is 11.9 Å². The normalized spacial score (nSPS) is 10.6. The van der Waals surface area contributed by atoms with E-state index in [1.807, 2.05) is 12.1 Å². The van der Waals surface area contributed by atoms with E-state index in [1.54, 1.807) is 14.2 Å². The summed E-state index contributed by atoms with van der Waals surface area (Å²) in [6.45, 7) is 4.34. The molecule has 19 heavy (non-hydrogen) atoms. The van der Waals surface area contributed by atoms with Crippen LogP contribution in [0.25, 0.3) is 11.1 Å². The van der Waals surface area contributed by atoms with Gasteiger partial charge in [0.15, 0.2) is 0 Å². The molecule has 100 valence electrons. The van der Waals surface area contributed by atoms with Crippen molar-refractivity contribution in [1.82, 2.24) is 9.97 Å². The van der Waals surface area contributed by atoms with Gasteiger partial charge < -0.3 is 9.47 Å². The molecule has 4 heteroatoms. The predicted molar refractivity (Wildman–Crippen MR) is 74.7 cm³/mol. The maximum Gasteiger partial charge on any atom is 0.228 e. The highest BCUT2D eigenvalue weighted by atomic mass is 16.5. The average Bonchev–Trinajstić information content (AvgIpc) is 2.46. The van der Waals surface area contributed by atoms with Gasteiger partial charge in [-0.25, -0.2) is 9.97 Å². The molecule has 0 fully saturated rings. The van der Waals surface area contributed by atoms with Gasteiger partial charge >= 0.3 is 0 Å². The van der Waals surface area contributed by atoms with Crippen LogP contribution in [0.2, 0.25) is 0 Å². The van der Waals surface area contributed by atoms with Crippen molar-refractivity contribution in [2.24, 2.45) is 0 Å². The van der Waals surface area contributed by atoms with E-state index in [1.165, 1.54) is 11.9 Å². The molecule has 0 N–H and O–H groups in total. The summed E-state index contributed by atoms with van der Waals surface area (Å²) < 4.78 is 10.6.